The summed E-state index contributed by atoms with van der Waals surface area (Å²) in [7, 11) is -0.446. The molecule has 0 aliphatic rings. The summed E-state index contributed by atoms with van der Waals surface area (Å²) in [5.41, 5.74) is 0. The summed E-state index contributed by atoms with van der Waals surface area (Å²) >= 11 is 0. The Hall–Kier alpha value is -1.62. The van der Waals surface area contributed by atoms with Gasteiger partial charge < -0.3 is 4.28 Å². The maximum Gasteiger partial charge on any atom is 3.00 e. The molecule has 0 aromatic heterocycles. The van der Waals surface area contributed by atoms with Gasteiger partial charge in [0.1, 0.15) is 0 Å². The van der Waals surface area contributed by atoms with Crippen LogP contribution in [0.25, 0.3) is 0 Å². The summed E-state index contributed by atoms with van der Waals surface area (Å²) in [4.78, 5) is 7.50. The first-order valence-corrected chi connectivity index (χ1v) is 7.95. The maximum absolute atomic E-state index is 7.50. The fourth-order valence-corrected chi connectivity index (χ4v) is 4.48. The van der Waals surface area contributed by atoms with Crippen LogP contribution >= 0.6 is 7.92 Å². The minimum atomic E-state index is -0.446. The van der Waals surface area contributed by atoms with E-state index in [1.54, 1.807) is 0 Å². The van der Waals surface area contributed by atoms with E-state index in [9.17, 15) is 0 Å². The van der Waals surface area contributed by atoms with E-state index in [0.29, 0.717) is 0 Å². The molecule has 22 heavy (non-hydrogen) atoms. The van der Waals surface area contributed by atoms with Crippen LogP contribution in [0.2, 0.25) is 0 Å². The van der Waals surface area contributed by atoms with Crippen molar-refractivity contribution in [2.45, 2.75) is 0 Å². The molecule has 3 heteroatoms. The normalized spacial score (nSPS) is 9.32. The Labute approximate surface area is 150 Å². The molecule has 0 saturated heterocycles. The minimum Gasteiger partial charge on any atom is -1.00 e. The van der Waals surface area contributed by atoms with Crippen LogP contribution in [-0.4, -0.2) is 6.79 Å². The van der Waals surface area contributed by atoms with Crippen LogP contribution in [0.5, 0.6) is 0 Å². The summed E-state index contributed by atoms with van der Waals surface area (Å²) in [5.74, 6) is 0. The molecule has 0 N–H and O–H groups in total. The van der Waals surface area contributed by atoms with Crippen LogP contribution in [-0.2, 0) is 24.3 Å². The van der Waals surface area contributed by atoms with E-state index in [4.69, 9.17) is 4.79 Å². The Balaban J connectivity index is -0.000000780. The first kappa shape index (κ1) is 18.4. The summed E-state index contributed by atoms with van der Waals surface area (Å²) in [5, 5.41) is 4.19. The van der Waals surface area contributed by atoms with Crippen LogP contribution in [0, 0.1) is 0 Å². The zero-order chi connectivity index (χ0) is 14.9. The molecular weight excluding hydrogens is 378 g/mol. The maximum atomic E-state index is 7.50. The molecule has 0 atom stereocenters. The van der Waals surface area contributed by atoms with Crippen molar-refractivity contribution >= 4 is 30.6 Å². The molecule has 0 aliphatic heterocycles. The van der Waals surface area contributed by atoms with Gasteiger partial charge in [-0.25, -0.2) is 0 Å². The molecule has 0 fully saturated rings. The molecular formula is C19H18OPRh. The van der Waals surface area contributed by atoms with Gasteiger partial charge in [0.2, 0.25) is 0 Å². The van der Waals surface area contributed by atoms with E-state index >= 15 is 0 Å². The van der Waals surface area contributed by atoms with Crippen molar-refractivity contribution in [2.24, 2.45) is 0 Å². The summed E-state index contributed by atoms with van der Waals surface area (Å²) in [6, 6.07) is 32.3. The molecule has 114 valence electrons. The van der Waals surface area contributed by atoms with Crippen molar-refractivity contribution in [3.8, 4) is 0 Å². The Kier molecular flexibility index (Phi) is 8.52. The third-order valence-electron chi connectivity index (χ3n) is 3.04. The third kappa shape index (κ3) is 4.70. The monoisotopic (exact) mass is 396 g/mol. The van der Waals surface area contributed by atoms with Crippen LogP contribution in [0.15, 0.2) is 91.0 Å². The zero-order valence-corrected chi connectivity index (χ0v) is 14.4. The second kappa shape index (κ2) is 10.2. The predicted octanol–water partition coefficient (Wildman–Crippen LogP) is 3.38. The SMILES string of the molecule is [C]=O.[H-].[H-].[H-].[Rh+3].c1ccc(P(c2ccccc2)c2ccccc2)cc1. The van der Waals surface area contributed by atoms with Gasteiger partial charge in [-0.2, -0.15) is 0 Å². The van der Waals surface area contributed by atoms with Crippen LogP contribution < -0.4 is 15.9 Å². The van der Waals surface area contributed by atoms with Crippen molar-refractivity contribution in [1.82, 2.24) is 0 Å². The Morgan fingerprint density at radius 1 is 0.545 bits per heavy atom. The van der Waals surface area contributed by atoms with Crippen molar-refractivity contribution < 1.29 is 28.6 Å². The zero-order valence-electron chi connectivity index (χ0n) is 14.8. The fourth-order valence-electron chi connectivity index (χ4n) is 2.18. The molecule has 0 amide bonds. The standard InChI is InChI=1S/C18H15P.CO.Rh.3H/c1-4-10-16(11-5-1)19(17-12-6-2-7-13-17)18-14-8-3-9-15-18;1-2;;;;/h1-15H;;;;;/q;;+3;3*-1. The van der Waals surface area contributed by atoms with Crippen molar-refractivity contribution in [3.05, 3.63) is 91.0 Å². The minimum absolute atomic E-state index is 0. The van der Waals surface area contributed by atoms with Gasteiger partial charge in [-0.3, -0.25) is 4.79 Å². The first-order valence-electron chi connectivity index (χ1n) is 6.61. The first-order chi connectivity index (χ1) is 10.4. The van der Waals surface area contributed by atoms with Crippen molar-refractivity contribution in [3.63, 3.8) is 0 Å². The second-order valence-corrected chi connectivity index (χ2v) is 6.56. The van der Waals surface area contributed by atoms with E-state index in [2.05, 4.69) is 97.8 Å². The van der Waals surface area contributed by atoms with Crippen LogP contribution in [0.4, 0.5) is 0 Å². The Bertz CT molecular complexity index is 563. The molecule has 0 saturated carbocycles. The van der Waals surface area contributed by atoms with Gasteiger partial charge >= 0.3 is 19.5 Å². The van der Waals surface area contributed by atoms with Gasteiger partial charge in [0.05, 0.1) is 0 Å². The van der Waals surface area contributed by atoms with Crippen molar-refractivity contribution in [1.29, 1.82) is 0 Å². The molecule has 0 aliphatic carbocycles. The average molecular weight is 396 g/mol. The summed E-state index contributed by atoms with van der Waals surface area (Å²) in [6.45, 7) is 4.50. The number of benzene rings is 3. The summed E-state index contributed by atoms with van der Waals surface area (Å²) in [6.07, 6.45) is 0. The van der Waals surface area contributed by atoms with Crippen molar-refractivity contribution in [2.75, 3.05) is 0 Å². The Morgan fingerprint density at radius 3 is 1.00 bits per heavy atom. The van der Waals surface area contributed by atoms with E-state index in [-0.39, 0.29) is 23.8 Å². The smallest absolute Gasteiger partial charge is 1.00 e. The number of carbonyl (C=O) groups excluding carboxylic acids is 1. The molecule has 3 aromatic carbocycles. The predicted molar refractivity (Wildman–Crippen MR) is 94.2 cm³/mol. The van der Waals surface area contributed by atoms with E-state index < -0.39 is 7.92 Å². The average Bonchev–Trinajstić information content (AvgIpc) is 2.60. The molecule has 0 spiro atoms. The third-order valence-corrected chi connectivity index (χ3v) is 5.49. The second-order valence-electron chi connectivity index (χ2n) is 4.34. The van der Waals surface area contributed by atoms with E-state index in [0.717, 1.165) is 0 Å². The van der Waals surface area contributed by atoms with Gasteiger partial charge in [0.25, 0.3) is 6.79 Å². The van der Waals surface area contributed by atoms with Gasteiger partial charge in [-0.1, -0.05) is 91.0 Å². The van der Waals surface area contributed by atoms with Crippen LogP contribution in [0.1, 0.15) is 4.28 Å². The molecule has 0 unspecified atom stereocenters. The van der Waals surface area contributed by atoms with Gasteiger partial charge in [-0.15, -0.1) is 0 Å². The molecule has 3 aromatic rings. The molecule has 3 rings (SSSR count). The van der Waals surface area contributed by atoms with Crippen LogP contribution in [0.3, 0.4) is 0 Å². The topological polar surface area (TPSA) is 17.1 Å². The largest absolute Gasteiger partial charge is 3.00 e. The number of hydrogen-bond donors (Lipinski definition) is 0. The quantitative estimate of drug-likeness (QED) is 0.490. The number of rotatable bonds is 3. The molecule has 2 radical (unpaired) electrons. The molecule has 1 nitrogen and oxygen atoms in total. The fraction of sp³-hybridized carbons (Fsp3) is 0. The van der Waals surface area contributed by atoms with Gasteiger partial charge in [-0.05, 0) is 23.8 Å². The summed E-state index contributed by atoms with van der Waals surface area (Å²) < 4.78 is 0. The Morgan fingerprint density at radius 2 is 0.773 bits per heavy atom. The number of hydrogen-bond acceptors (Lipinski definition) is 1. The van der Waals surface area contributed by atoms with Gasteiger partial charge in [0, 0.05) is 0 Å². The molecule has 0 bridgehead atoms. The molecule has 0 heterocycles. The van der Waals surface area contributed by atoms with E-state index in [1.165, 1.54) is 15.9 Å². The van der Waals surface area contributed by atoms with E-state index in [1.807, 2.05) is 0 Å². The van der Waals surface area contributed by atoms with Gasteiger partial charge in [0.15, 0.2) is 0 Å².